The zero-order valence-corrected chi connectivity index (χ0v) is 16.0. The van der Waals surface area contributed by atoms with Gasteiger partial charge in [-0.25, -0.2) is 0 Å². The van der Waals surface area contributed by atoms with Gasteiger partial charge < -0.3 is 15.3 Å². The topological polar surface area (TPSA) is 65.7 Å². The molecular weight excluding hydrogens is 438 g/mol. The molecule has 6 nitrogen and oxygen atoms in total. The Hall–Kier alpha value is -1.04. The van der Waals surface area contributed by atoms with Crippen LogP contribution in [0.5, 0.6) is 0 Å². The Kier molecular flexibility index (Phi) is 7.77. The Morgan fingerprint density at radius 1 is 1.54 bits per heavy atom. The third-order valence-corrected chi connectivity index (χ3v) is 3.81. The van der Waals surface area contributed by atoms with Crippen LogP contribution in [-0.2, 0) is 7.05 Å². The molecule has 2 N–H and O–H groups in total. The Morgan fingerprint density at radius 3 is 2.79 bits per heavy atom. The van der Waals surface area contributed by atoms with Gasteiger partial charge in [0.15, 0.2) is 12.1 Å². The summed E-state index contributed by atoms with van der Waals surface area (Å²) in [7, 11) is 1.85. The van der Waals surface area contributed by atoms with Gasteiger partial charge in [0, 0.05) is 38.8 Å². The van der Waals surface area contributed by atoms with Crippen LogP contribution in [0.2, 0.25) is 0 Å². The van der Waals surface area contributed by atoms with Crippen LogP contribution in [0.4, 0.5) is 13.2 Å². The number of aromatic nitrogens is 2. The van der Waals surface area contributed by atoms with Crippen LogP contribution in [0, 0.1) is 0 Å². The third-order valence-electron chi connectivity index (χ3n) is 3.81. The first-order chi connectivity index (χ1) is 10.8. The van der Waals surface area contributed by atoms with Crippen molar-refractivity contribution in [3.05, 3.63) is 18.0 Å². The smallest absolute Gasteiger partial charge is 0.382 e. The first-order valence-electron chi connectivity index (χ1n) is 7.57. The predicted molar refractivity (Wildman–Crippen MR) is 95.6 cm³/mol. The molecule has 0 bridgehead atoms. The summed E-state index contributed by atoms with van der Waals surface area (Å²) in [6.07, 6.45) is -2.44. The highest BCUT2D eigenvalue weighted by atomic mass is 127. The fourth-order valence-electron chi connectivity index (χ4n) is 2.58. The van der Waals surface area contributed by atoms with Gasteiger partial charge >= 0.3 is 6.18 Å². The highest BCUT2D eigenvalue weighted by molar-refractivity contribution is 14.0. The van der Waals surface area contributed by atoms with Crippen molar-refractivity contribution in [3.63, 3.8) is 0 Å². The van der Waals surface area contributed by atoms with Crippen molar-refractivity contribution in [1.82, 2.24) is 20.0 Å². The lowest BCUT2D eigenvalue weighted by Gasteiger charge is -2.22. The number of hydrogen-bond acceptors (Lipinski definition) is 3. The zero-order valence-electron chi connectivity index (χ0n) is 13.6. The molecule has 1 aliphatic rings. The molecule has 24 heavy (non-hydrogen) atoms. The van der Waals surface area contributed by atoms with E-state index in [4.69, 9.17) is 5.11 Å². The van der Waals surface area contributed by atoms with Crippen LogP contribution in [0.15, 0.2) is 17.4 Å². The first-order valence-corrected chi connectivity index (χ1v) is 7.57. The molecule has 2 heterocycles. The molecule has 1 aliphatic heterocycles. The fourth-order valence-corrected chi connectivity index (χ4v) is 2.58. The summed E-state index contributed by atoms with van der Waals surface area (Å²) >= 11 is 0. The van der Waals surface area contributed by atoms with Gasteiger partial charge in [-0.1, -0.05) is 0 Å². The molecule has 0 aromatic carbocycles. The molecule has 0 aliphatic carbocycles. The maximum absolute atomic E-state index is 12.4. The minimum Gasteiger partial charge on any atom is -0.382 e. The van der Waals surface area contributed by atoms with Crippen molar-refractivity contribution < 1.29 is 18.3 Å². The number of alkyl halides is 3. The predicted octanol–water partition coefficient (Wildman–Crippen LogP) is 1.72. The number of aliphatic hydroxyl groups is 1. The average molecular weight is 461 g/mol. The number of guanidine groups is 1. The van der Waals surface area contributed by atoms with Crippen LogP contribution in [0.1, 0.15) is 24.8 Å². The second-order valence-corrected chi connectivity index (χ2v) is 5.63. The van der Waals surface area contributed by atoms with Crippen molar-refractivity contribution >= 4 is 29.9 Å². The van der Waals surface area contributed by atoms with Crippen molar-refractivity contribution in [1.29, 1.82) is 0 Å². The van der Waals surface area contributed by atoms with E-state index in [2.05, 4.69) is 15.4 Å². The molecule has 1 fully saturated rings. The summed E-state index contributed by atoms with van der Waals surface area (Å²) in [5.74, 6) is 0.683. The zero-order chi connectivity index (χ0) is 17.0. The van der Waals surface area contributed by atoms with Crippen molar-refractivity contribution in [2.24, 2.45) is 12.0 Å². The van der Waals surface area contributed by atoms with E-state index in [-0.39, 0.29) is 29.9 Å². The molecule has 0 radical (unpaired) electrons. The van der Waals surface area contributed by atoms with Gasteiger partial charge in [0.25, 0.3) is 0 Å². The lowest BCUT2D eigenvalue weighted by molar-refractivity contribution is -0.199. The number of aryl methyl sites for hydroxylation is 1. The molecule has 1 saturated heterocycles. The number of rotatable bonds is 4. The number of nitrogens with one attached hydrogen (secondary N) is 1. The van der Waals surface area contributed by atoms with E-state index < -0.39 is 18.8 Å². The fraction of sp³-hybridized carbons (Fsp3) is 0.714. The van der Waals surface area contributed by atoms with Crippen LogP contribution >= 0.6 is 24.0 Å². The Bertz CT molecular complexity index is 549. The number of aliphatic imine (C=N–C) groups is 1. The Labute approximate surface area is 156 Å². The second kappa shape index (κ2) is 8.88. The maximum atomic E-state index is 12.4. The SMILES string of the molecule is CCNC(=NCC(O)C(F)(F)F)N1CCC(c2cnn(C)c2)C1.I. The lowest BCUT2D eigenvalue weighted by atomic mass is 10.0. The normalized spacial score (nSPS) is 20.0. The van der Waals surface area contributed by atoms with Gasteiger partial charge in [0.05, 0.1) is 12.7 Å². The summed E-state index contributed by atoms with van der Waals surface area (Å²) in [4.78, 5) is 5.86. The van der Waals surface area contributed by atoms with E-state index in [0.717, 1.165) is 12.0 Å². The number of halogens is 4. The van der Waals surface area contributed by atoms with E-state index >= 15 is 0 Å². The van der Waals surface area contributed by atoms with Gasteiger partial charge in [0.1, 0.15) is 0 Å². The van der Waals surface area contributed by atoms with Gasteiger partial charge in [-0.3, -0.25) is 9.67 Å². The molecule has 1 aromatic rings. The first kappa shape index (κ1) is 21.0. The van der Waals surface area contributed by atoms with Crippen molar-refractivity contribution in [3.8, 4) is 0 Å². The molecule has 138 valence electrons. The van der Waals surface area contributed by atoms with Crippen LogP contribution in [0.3, 0.4) is 0 Å². The van der Waals surface area contributed by atoms with E-state index in [0.29, 0.717) is 25.6 Å². The quantitative estimate of drug-likeness (QED) is 0.407. The Morgan fingerprint density at radius 2 is 2.25 bits per heavy atom. The van der Waals surface area contributed by atoms with Crippen molar-refractivity contribution in [2.75, 3.05) is 26.2 Å². The highest BCUT2D eigenvalue weighted by Gasteiger charge is 2.38. The molecule has 0 saturated carbocycles. The monoisotopic (exact) mass is 461 g/mol. The van der Waals surface area contributed by atoms with Gasteiger partial charge in [-0.2, -0.15) is 18.3 Å². The highest BCUT2D eigenvalue weighted by Crippen LogP contribution is 2.27. The minimum absolute atomic E-state index is 0. The van der Waals surface area contributed by atoms with E-state index in [9.17, 15) is 13.2 Å². The standard InChI is InChI=1S/C14H22F3N5O.HI/c1-3-18-13(19-7-12(23)14(15,16)17)22-5-4-10(9-22)11-6-20-21(2)8-11;/h6,8,10,12,23H,3-5,7,9H2,1-2H3,(H,18,19);1H. The molecule has 2 atom stereocenters. The largest absolute Gasteiger partial charge is 0.416 e. The number of aliphatic hydroxyl groups excluding tert-OH is 1. The van der Waals surface area contributed by atoms with Crippen LogP contribution < -0.4 is 5.32 Å². The molecule has 1 aromatic heterocycles. The van der Waals surface area contributed by atoms with E-state index in [1.54, 1.807) is 4.68 Å². The molecule has 0 amide bonds. The van der Waals surface area contributed by atoms with E-state index in [1.165, 1.54) is 0 Å². The summed E-state index contributed by atoms with van der Waals surface area (Å²) in [6.45, 7) is 3.08. The number of nitrogens with zero attached hydrogens (tertiary/aromatic N) is 4. The van der Waals surface area contributed by atoms with Crippen LogP contribution in [-0.4, -0.2) is 64.2 Å². The summed E-state index contributed by atoms with van der Waals surface area (Å²) in [5.41, 5.74) is 1.11. The molecule has 0 spiro atoms. The minimum atomic E-state index is -4.65. The number of likely N-dealkylation sites (tertiary alicyclic amines) is 1. The van der Waals surface area contributed by atoms with Crippen molar-refractivity contribution in [2.45, 2.75) is 31.5 Å². The summed E-state index contributed by atoms with van der Waals surface area (Å²) in [5, 5.41) is 16.2. The second-order valence-electron chi connectivity index (χ2n) is 5.63. The van der Waals surface area contributed by atoms with Gasteiger partial charge in [-0.05, 0) is 18.9 Å². The lowest BCUT2D eigenvalue weighted by Crippen LogP contribution is -2.41. The molecular formula is C14H23F3IN5O. The summed E-state index contributed by atoms with van der Waals surface area (Å²) in [6, 6.07) is 0. The van der Waals surface area contributed by atoms with E-state index in [1.807, 2.05) is 31.3 Å². The average Bonchev–Trinajstić information content (AvgIpc) is 3.10. The molecule has 2 unspecified atom stereocenters. The van der Waals surface area contributed by atoms with Gasteiger partial charge in [-0.15, -0.1) is 24.0 Å². The van der Waals surface area contributed by atoms with Gasteiger partial charge in [0.2, 0.25) is 0 Å². The molecule has 10 heteroatoms. The summed E-state index contributed by atoms with van der Waals surface area (Å²) < 4.78 is 38.9. The number of hydrogen-bond donors (Lipinski definition) is 2. The maximum Gasteiger partial charge on any atom is 0.416 e. The third kappa shape index (κ3) is 5.50. The Balaban J connectivity index is 0.00000288. The van der Waals surface area contributed by atoms with Crippen LogP contribution in [0.25, 0.3) is 0 Å². The molecule has 2 rings (SSSR count).